The lowest BCUT2D eigenvalue weighted by Gasteiger charge is -2.33. The van der Waals surface area contributed by atoms with Gasteiger partial charge in [0.2, 0.25) is 0 Å². The first-order valence-corrected chi connectivity index (χ1v) is 5.47. The van der Waals surface area contributed by atoms with Gasteiger partial charge < -0.3 is 4.90 Å². The molecule has 1 aliphatic heterocycles. The van der Waals surface area contributed by atoms with E-state index in [9.17, 15) is 4.39 Å². The molecule has 0 spiro atoms. The third-order valence-electron chi connectivity index (χ3n) is 3.11. The van der Waals surface area contributed by atoms with E-state index in [1.807, 2.05) is 0 Å². The predicted molar refractivity (Wildman–Crippen MR) is 58.3 cm³/mol. The molecular weight excluding hydrogens is 179 g/mol. The minimum atomic E-state index is -0.588. The molecule has 0 unspecified atom stereocenters. The van der Waals surface area contributed by atoms with Gasteiger partial charge in [-0.25, -0.2) is 4.39 Å². The van der Waals surface area contributed by atoms with E-state index in [1.54, 1.807) is 0 Å². The third-order valence-corrected chi connectivity index (χ3v) is 3.11. The van der Waals surface area contributed by atoms with Gasteiger partial charge >= 0.3 is 0 Å². The van der Waals surface area contributed by atoms with Gasteiger partial charge in [0.25, 0.3) is 0 Å². The number of likely N-dealkylation sites (N-methyl/N-ethyl adjacent to an activating group) is 1. The molecule has 1 saturated heterocycles. The first-order chi connectivity index (χ1) is 6.39. The van der Waals surface area contributed by atoms with Gasteiger partial charge in [0.1, 0.15) is 6.17 Å². The van der Waals surface area contributed by atoms with Crippen LogP contribution in [0.5, 0.6) is 0 Å². The van der Waals surface area contributed by atoms with Gasteiger partial charge in [-0.05, 0) is 34.2 Å². The summed E-state index contributed by atoms with van der Waals surface area (Å²) >= 11 is 0. The molecule has 0 amide bonds. The fourth-order valence-electron chi connectivity index (χ4n) is 1.62. The first-order valence-electron chi connectivity index (χ1n) is 5.47. The van der Waals surface area contributed by atoms with Crippen LogP contribution in [0.3, 0.4) is 0 Å². The van der Waals surface area contributed by atoms with E-state index in [0.717, 1.165) is 26.1 Å². The summed E-state index contributed by atoms with van der Waals surface area (Å²) in [7, 11) is 2.13. The SMILES string of the molecule is CN(CCN1CC[C@@H](F)C1)C(C)(C)C. The quantitative estimate of drug-likeness (QED) is 0.688. The van der Waals surface area contributed by atoms with E-state index in [0.29, 0.717) is 6.54 Å². The van der Waals surface area contributed by atoms with Crippen molar-refractivity contribution < 1.29 is 4.39 Å². The first kappa shape index (κ1) is 11.9. The molecule has 0 radical (unpaired) electrons. The number of alkyl halides is 1. The lowest BCUT2D eigenvalue weighted by Crippen LogP contribution is -2.42. The second kappa shape index (κ2) is 4.58. The Hall–Kier alpha value is -0.150. The van der Waals surface area contributed by atoms with Crippen LogP contribution < -0.4 is 0 Å². The van der Waals surface area contributed by atoms with Crippen LogP contribution in [-0.2, 0) is 0 Å². The van der Waals surface area contributed by atoms with Crippen molar-refractivity contribution in [3.63, 3.8) is 0 Å². The molecule has 3 heteroatoms. The predicted octanol–water partition coefficient (Wildman–Crippen LogP) is 1.76. The van der Waals surface area contributed by atoms with Crippen molar-refractivity contribution in [3.8, 4) is 0 Å². The molecule has 0 bridgehead atoms. The number of rotatable bonds is 3. The molecule has 0 N–H and O–H groups in total. The highest BCUT2D eigenvalue weighted by atomic mass is 19.1. The van der Waals surface area contributed by atoms with Crippen LogP contribution in [0.2, 0.25) is 0 Å². The maximum absolute atomic E-state index is 12.9. The van der Waals surface area contributed by atoms with Gasteiger partial charge in [0, 0.05) is 31.7 Å². The number of halogens is 1. The Bertz CT molecular complexity index is 177. The highest BCUT2D eigenvalue weighted by Crippen LogP contribution is 2.13. The smallest absolute Gasteiger partial charge is 0.114 e. The van der Waals surface area contributed by atoms with Crippen molar-refractivity contribution in [1.29, 1.82) is 0 Å². The summed E-state index contributed by atoms with van der Waals surface area (Å²) < 4.78 is 12.9. The molecule has 0 aliphatic carbocycles. The van der Waals surface area contributed by atoms with Crippen molar-refractivity contribution in [2.75, 3.05) is 33.2 Å². The van der Waals surface area contributed by atoms with Crippen LogP contribution in [0.15, 0.2) is 0 Å². The highest BCUT2D eigenvalue weighted by molar-refractivity contribution is 4.78. The summed E-state index contributed by atoms with van der Waals surface area (Å²) in [5.41, 5.74) is 0.217. The molecule has 1 heterocycles. The van der Waals surface area contributed by atoms with Crippen molar-refractivity contribution in [2.24, 2.45) is 0 Å². The van der Waals surface area contributed by atoms with Gasteiger partial charge in [-0.3, -0.25) is 4.90 Å². The summed E-state index contributed by atoms with van der Waals surface area (Å²) in [5.74, 6) is 0. The van der Waals surface area contributed by atoms with Crippen LogP contribution >= 0.6 is 0 Å². The molecule has 1 atom stereocenters. The molecule has 0 saturated carbocycles. The van der Waals surface area contributed by atoms with Crippen molar-refractivity contribution in [2.45, 2.75) is 38.9 Å². The van der Waals surface area contributed by atoms with Crippen LogP contribution in [0.1, 0.15) is 27.2 Å². The highest BCUT2D eigenvalue weighted by Gasteiger charge is 2.23. The Morgan fingerprint density at radius 1 is 1.43 bits per heavy atom. The Morgan fingerprint density at radius 2 is 2.07 bits per heavy atom. The summed E-state index contributed by atoms with van der Waals surface area (Å²) in [6, 6.07) is 0. The number of likely N-dealkylation sites (tertiary alicyclic amines) is 1. The third kappa shape index (κ3) is 3.54. The summed E-state index contributed by atoms with van der Waals surface area (Å²) in [6.45, 7) is 10.2. The number of hydrogen-bond acceptors (Lipinski definition) is 2. The topological polar surface area (TPSA) is 6.48 Å². The zero-order chi connectivity index (χ0) is 10.8. The molecule has 1 aliphatic rings. The normalized spacial score (nSPS) is 24.9. The van der Waals surface area contributed by atoms with E-state index < -0.39 is 6.17 Å². The molecule has 1 fully saturated rings. The molecule has 0 aromatic rings. The van der Waals surface area contributed by atoms with Crippen molar-refractivity contribution >= 4 is 0 Å². The van der Waals surface area contributed by atoms with Gasteiger partial charge in [0.15, 0.2) is 0 Å². The van der Waals surface area contributed by atoms with Crippen LogP contribution in [-0.4, -0.2) is 54.7 Å². The van der Waals surface area contributed by atoms with Crippen molar-refractivity contribution in [1.82, 2.24) is 9.80 Å². The fraction of sp³-hybridized carbons (Fsp3) is 1.00. The van der Waals surface area contributed by atoms with E-state index in [1.165, 1.54) is 0 Å². The second-order valence-electron chi connectivity index (χ2n) is 5.28. The zero-order valence-corrected chi connectivity index (χ0v) is 9.89. The Kier molecular flexibility index (Phi) is 3.90. The molecular formula is C11H23FN2. The van der Waals surface area contributed by atoms with Crippen molar-refractivity contribution in [3.05, 3.63) is 0 Å². The Balaban J connectivity index is 2.21. The van der Waals surface area contributed by atoms with Gasteiger partial charge in [-0.1, -0.05) is 0 Å². The maximum atomic E-state index is 12.9. The summed E-state index contributed by atoms with van der Waals surface area (Å²) in [6.07, 6.45) is 0.133. The summed E-state index contributed by atoms with van der Waals surface area (Å²) in [4.78, 5) is 4.53. The van der Waals surface area contributed by atoms with E-state index in [-0.39, 0.29) is 5.54 Å². The summed E-state index contributed by atoms with van der Waals surface area (Å²) in [5, 5.41) is 0. The molecule has 84 valence electrons. The maximum Gasteiger partial charge on any atom is 0.114 e. The standard InChI is InChI=1S/C11H23FN2/c1-11(2,3)13(4)7-8-14-6-5-10(12)9-14/h10H,5-9H2,1-4H3/t10-/m1/s1. The van der Waals surface area contributed by atoms with Gasteiger partial charge in [0.05, 0.1) is 0 Å². The van der Waals surface area contributed by atoms with E-state index >= 15 is 0 Å². The van der Waals surface area contributed by atoms with E-state index in [2.05, 4.69) is 37.6 Å². The minimum Gasteiger partial charge on any atom is -0.300 e. The molecule has 0 aromatic carbocycles. The molecule has 0 aromatic heterocycles. The molecule has 2 nitrogen and oxygen atoms in total. The fourth-order valence-corrected chi connectivity index (χ4v) is 1.62. The Morgan fingerprint density at radius 3 is 2.50 bits per heavy atom. The lowest BCUT2D eigenvalue weighted by atomic mass is 10.1. The van der Waals surface area contributed by atoms with Crippen LogP contribution in [0, 0.1) is 0 Å². The molecule has 1 rings (SSSR count). The largest absolute Gasteiger partial charge is 0.300 e. The number of nitrogens with zero attached hydrogens (tertiary/aromatic N) is 2. The minimum absolute atomic E-state index is 0.217. The van der Waals surface area contributed by atoms with Crippen LogP contribution in [0.4, 0.5) is 4.39 Å². The average molecular weight is 202 g/mol. The average Bonchev–Trinajstić information content (AvgIpc) is 2.45. The van der Waals surface area contributed by atoms with E-state index in [4.69, 9.17) is 0 Å². The Labute approximate surface area is 87.1 Å². The number of hydrogen-bond donors (Lipinski definition) is 0. The zero-order valence-electron chi connectivity index (χ0n) is 9.89. The second-order valence-corrected chi connectivity index (χ2v) is 5.28. The van der Waals surface area contributed by atoms with Crippen LogP contribution in [0.25, 0.3) is 0 Å². The molecule has 14 heavy (non-hydrogen) atoms. The van der Waals surface area contributed by atoms with Gasteiger partial charge in [-0.2, -0.15) is 0 Å². The van der Waals surface area contributed by atoms with Gasteiger partial charge in [-0.15, -0.1) is 0 Å². The monoisotopic (exact) mass is 202 g/mol. The lowest BCUT2D eigenvalue weighted by molar-refractivity contribution is 0.151.